The molecule has 4 rings (SSSR count). The zero-order valence-electron chi connectivity index (χ0n) is 18.2. The summed E-state index contributed by atoms with van der Waals surface area (Å²) >= 11 is 0. The van der Waals surface area contributed by atoms with Gasteiger partial charge in [-0.25, -0.2) is 9.78 Å². The summed E-state index contributed by atoms with van der Waals surface area (Å²) in [5.41, 5.74) is 3.67. The number of hydrogen-bond acceptors (Lipinski definition) is 4. The number of ether oxygens (including phenoxy) is 1. The fourth-order valence-electron chi connectivity index (χ4n) is 3.52. The summed E-state index contributed by atoms with van der Waals surface area (Å²) in [5.74, 6) is 0.526. The number of amides is 2. The lowest BCUT2D eigenvalue weighted by Gasteiger charge is -2.18. The molecular weight excluding hydrogens is 416 g/mol. The van der Waals surface area contributed by atoms with Gasteiger partial charge < -0.3 is 20.4 Å². The summed E-state index contributed by atoms with van der Waals surface area (Å²) in [4.78, 5) is 33.1. The van der Waals surface area contributed by atoms with Gasteiger partial charge >= 0.3 is 6.09 Å². The lowest BCUT2D eigenvalue weighted by atomic mass is 10.1. The largest absolute Gasteiger partial charge is 0.445 e. The Morgan fingerprint density at radius 3 is 2.27 bits per heavy atom. The smallest absolute Gasteiger partial charge is 0.408 e. The van der Waals surface area contributed by atoms with E-state index in [1.54, 1.807) is 0 Å². The second-order valence-electron chi connectivity index (χ2n) is 7.69. The van der Waals surface area contributed by atoms with Crippen molar-refractivity contribution < 1.29 is 14.3 Å². The molecule has 3 aromatic carbocycles. The molecule has 0 bridgehead atoms. The van der Waals surface area contributed by atoms with E-state index in [-0.39, 0.29) is 12.5 Å². The van der Waals surface area contributed by atoms with Crippen LogP contribution in [0.5, 0.6) is 0 Å². The van der Waals surface area contributed by atoms with Gasteiger partial charge in [-0.3, -0.25) is 4.79 Å². The predicted molar refractivity (Wildman–Crippen MR) is 127 cm³/mol. The summed E-state index contributed by atoms with van der Waals surface area (Å²) in [6.07, 6.45) is 0.279. The Kier molecular flexibility index (Phi) is 7.33. The molecule has 1 aromatic heterocycles. The number of hydrogen-bond donors (Lipinski definition) is 3. The number of carbonyl (C=O) groups is 2. The number of rotatable bonds is 9. The van der Waals surface area contributed by atoms with Crippen LogP contribution >= 0.6 is 0 Å². The van der Waals surface area contributed by atoms with E-state index in [2.05, 4.69) is 20.6 Å². The van der Waals surface area contributed by atoms with Gasteiger partial charge in [-0.15, -0.1) is 0 Å². The van der Waals surface area contributed by atoms with Crippen LogP contribution in [0, 0.1) is 0 Å². The first-order valence-electron chi connectivity index (χ1n) is 10.9. The maximum absolute atomic E-state index is 12.9. The van der Waals surface area contributed by atoms with Gasteiger partial charge in [0.1, 0.15) is 18.5 Å². The molecule has 2 amide bonds. The third-order valence-electron chi connectivity index (χ3n) is 5.20. The van der Waals surface area contributed by atoms with Crippen molar-refractivity contribution in [2.45, 2.75) is 25.5 Å². The molecule has 1 heterocycles. The van der Waals surface area contributed by atoms with Crippen molar-refractivity contribution in [1.82, 2.24) is 20.6 Å². The van der Waals surface area contributed by atoms with Gasteiger partial charge in [0.05, 0.1) is 11.0 Å². The van der Waals surface area contributed by atoms with Crippen LogP contribution in [0.15, 0.2) is 84.9 Å². The van der Waals surface area contributed by atoms with E-state index in [1.807, 2.05) is 84.9 Å². The molecule has 3 N–H and O–H groups in total. The lowest BCUT2D eigenvalue weighted by molar-refractivity contribution is -0.123. The summed E-state index contributed by atoms with van der Waals surface area (Å²) in [5, 5.41) is 5.61. The third kappa shape index (κ3) is 6.43. The molecule has 0 radical (unpaired) electrons. The first-order chi connectivity index (χ1) is 16.2. The average molecular weight is 443 g/mol. The highest BCUT2D eigenvalue weighted by Gasteiger charge is 2.22. The maximum Gasteiger partial charge on any atom is 0.408 e. The number of para-hydroxylation sites is 2. The van der Waals surface area contributed by atoms with Crippen molar-refractivity contribution >= 4 is 23.0 Å². The van der Waals surface area contributed by atoms with Gasteiger partial charge in [-0.2, -0.15) is 0 Å². The molecule has 0 saturated heterocycles. The van der Waals surface area contributed by atoms with Crippen LogP contribution in [0.25, 0.3) is 11.0 Å². The Labute approximate surface area is 192 Å². The highest BCUT2D eigenvalue weighted by molar-refractivity contribution is 5.86. The summed E-state index contributed by atoms with van der Waals surface area (Å²) < 4.78 is 5.31. The number of benzene rings is 3. The highest BCUT2D eigenvalue weighted by Crippen LogP contribution is 2.10. The van der Waals surface area contributed by atoms with Crippen molar-refractivity contribution in [1.29, 1.82) is 0 Å². The van der Waals surface area contributed by atoms with Crippen LogP contribution in [-0.4, -0.2) is 34.6 Å². The molecule has 0 aliphatic heterocycles. The van der Waals surface area contributed by atoms with Gasteiger partial charge in [0, 0.05) is 19.4 Å². The first kappa shape index (κ1) is 22.1. The SMILES string of the molecule is O=C(N[C@@H](Cc1ccccc1)C(=O)NCCc1nc2ccccc2[nH]1)OCc1ccccc1. The second kappa shape index (κ2) is 10.9. The number of imidazole rings is 1. The molecule has 0 fully saturated rings. The molecule has 7 nitrogen and oxygen atoms in total. The molecule has 0 aliphatic rings. The fourth-order valence-corrected chi connectivity index (χ4v) is 3.52. The average Bonchev–Trinajstić information content (AvgIpc) is 3.26. The molecule has 0 unspecified atom stereocenters. The van der Waals surface area contributed by atoms with Crippen molar-refractivity contribution in [3.8, 4) is 0 Å². The quantitative estimate of drug-likeness (QED) is 0.368. The second-order valence-corrected chi connectivity index (χ2v) is 7.69. The number of aromatic amines is 1. The fraction of sp³-hybridized carbons (Fsp3) is 0.192. The number of nitrogens with one attached hydrogen (secondary N) is 3. The minimum absolute atomic E-state index is 0.137. The van der Waals surface area contributed by atoms with Crippen molar-refractivity contribution in [3.05, 3.63) is 102 Å². The van der Waals surface area contributed by atoms with Crippen LogP contribution < -0.4 is 10.6 Å². The number of nitrogens with zero attached hydrogens (tertiary/aromatic N) is 1. The van der Waals surface area contributed by atoms with E-state index in [9.17, 15) is 9.59 Å². The van der Waals surface area contributed by atoms with E-state index in [1.165, 1.54) is 0 Å². The monoisotopic (exact) mass is 442 g/mol. The Balaban J connectivity index is 1.34. The van der Waals surface area contributed by atoms with Crippen molar-refractivity contribution in [3.63, 3.8) is 0 Å². The molecule has 0 saturated carbocycles. The minimum Gasteiger partial charge on any atom is -0.445 e. The van der Waals surface area contributed by atoms with Gasteiger partial charge in [0.15, 0.2) is 0 Å². The maximum atomic E-state index is 12.9. The van der Waals surface area contributed by atoms with Crippen LogP contribution in [0.2, 0.25) is 0 Å². The van der Waals surface area contributed by atoms with Crippen molar-refractivity contribution in [2.75, 3.05) is 6.54 Å². The number of H-pyrrole nitrogens is 1. The van der Waals surface area contributed by atoms with E-state index in [4.69, 9.17) is 4.74 Å². The molecule has 1 atom stereocenters. The molecular formula is C26H26N4O3. The zero-order chi connectivity index (χ0) is 22.9. The van der Waals surface area contributed by atoms with Crippen molar-refractivity contribution in [2.24, 2.45) is 0 Å². The molecule has 168 valence electrons. The van der Waals surface area contributed by atoms with Crippen LogP contribution in [-0.2, 0) is 29.0 Å². The van der Waals surface area contributed by atoms with Gasteiger partial charge in [-0.1, -0.05) is 72.8 Å². The summed E-state index contributed by atoms with van der Waals surface area (Å²) in [7, 11) is 0. The number of alkyl carbamates (subject to hydrolysis) is 1. The zero-order valence-corrected chi connectivity index (χ0v) is 18.2. The number of aromatic nitrogens is 2. The Morgan fingerprint density at radius 1 is 0.879 bits per heavy atom. The van der Waals surface area contributed by atoms with E-state index in [0.29, 0.717) is 19.4 Å². The first-order valence-corrected chi connectivity index (χ1v) is 10.9. The molecule has 0 aliphatic carbocycles. The summed E-state index contributed by atoms with van der Waals surface area (Å²) in [6.45, 7) is 0.531. The molecule has 33 heavy (non-hydrogen) atoms. The topological polar surface area (TPSA) is 96.1 Å². The number of carbonyl (C=O) groups excluding carboxylic acids is 2. The van der Waals surface area contributed by atoms with Crippen LogP contribution in [0.3, 0.4) is 0 Å². The van der Waals surface area contributed by atoms with Gasteiger partial charge in [0.2, 0.25) is 5.91 Å². The minimum atomic E-state index is -0.758. The van der Waals surface area contributed by atoms with Crippen LogP contribution in [0.1, 0.15) is 17.0 Å². The van der Waals surface area contributed by atoms with E-state index in [0.717, 1.165) is 28.0 Å². The predicted octanol–water partition coefficient (Wildman–Crippen LogP) is 3.76. The Hall–Kier alpha value is -4.13. The van der Waals surface area contributed by atoms with Crippen LogP contribution in [0.4, 0.5) is 4.79 Å². The van der Waals surface area contributed by atoms with E-state index >= 15 is 0 Å². The Morgan fingerprint density at radius 2 is 1.55 bits per heavy atom. The molecule has 4 aromatic rings. The standard InChI is InChI=1S/C26H26N4O3/c31-25(27-16-15-24-28-21-13-7-8-14-22(21)29-24)23(17-19-9-3-1-4-10-19)30-26(32)33-18-20-11-5-2-6-12-20/h1-14,23H,15-18H2,(H,27,31)(H,28,29)(H,30,32)/t23-/m0/s1. The normalized spacial score (nSPS) is 11.6. The van der Waals surface area contributed by atoms with Gasteiger partial charge in [0.25, 0.3) is 0 Å². The molecule has 7 heteroatoms. The Bertz CT molecular complexity index is 1160. The van der Waals surface area contributed by atoms with E-state index < -0.39 is 12.1 Å². The lowest BCUT2D eigenvalue weighted by Crippen LogP contribution is -2.48. The van der Waals surface area contributed by atoms with Gasteiger partial charge in [-0.05, 0) is 23.3 Å². The third-order valence-corrected chi connectivity index (χ3v) is 5.20. The number of fused-ring (bicyclic) bond motifs is 1. The summed E-state index contributed by atoms with van der Waals surface area (Å²) in [6, 6.07) is 26.0. The molecule has 0 spiro atoms. The highest BCUT2D eigenvalue weighted by atomic mass is 16.5.